The van der Waals surface area contributed by atoms with Crippen molar-refractivity contribution < 1.29 is 0 Å². The van der Waals surface area contributed by atoms with Crippen LogP contribution in [0.15, 0.2) is 30.1 Å². The number of aromatic nitrogens is 1. The van der Waals surface area contributed by atoms with Crippen LogP contribution in [-0.4, -0.2) is 30.5 Å². The Kier molecular flexibility index (Phi) is 6.37. The minimum absolute atomic E-state index is 0. The summed E-state index contributed by atoms with van der Waals surface area (Å²) in [5.74, 6) is 0. The number of pyridine rings is 1. The molecule has 2 rings (SSSR count). The third kappa shape index (κ3) is 4.11. The minimum Gasteiger partial charge on any atom is -0.305 e. The van der Waals surface area contributed by atoms with E-state index in [4.69, 9.17) is 0 Å². The van der Waals surface area contributed by atoms with Crippen molar-refractivity contribution in [1.82, 2.24) is 9.88 Å². The average molecular weight is 267 g/mol. The molecule has 0 atom stereocenters. The van der Waals surface area contributed by atoms with Crippen LogP contribution in [0.25, 0.3) is 5.57 Å². The van der Waals surface area contributed by atoms with Gasteiger partial charge >= 0.3 is 0 Å². The zero-order valence-electron chi connectivity index (χ0n) is 11.4. The molecule has 18 heavy (non-hydrogen) atoms. The normalized spacial score (nSPS) is 16.4. The van der Waals surface area contributed by atoms with E-state index < -0.39 is 0 Å². The molecule has 3 heteroatoms. The lowest BCUT2D eigenvalue weighted by Gasteiger charge is -2.17. The number of nitrogens with zero attached hydrogens (tertiary/aromatic N) is 2. The Hall–Kier alpha value is -0.860. The highest BCUT2D eigenvalue weighted by Gasteiger charge is 2.13. The summed E-state index contributed by atoms with van der Waals surface area (Å²) < 4.78 is 0. The third-order valence-electron chi connectivity index (χ3n) is 3.37. The van der Waals surface area contributed by atoms with Crippen LogP contribution in [0.5, 0.6) is 0 Å². The molecule has 1 aliphatic rings. The highest BCUT2D eigenvalue weighted by atomic mass is 35.5. The second-order valence-corrected chi connectivity index (χ2v) is 5.12. The molecule has 1 heterocycles. The van der Waals surface area contributed by atoms with E-state index >= 15 is 0 Å². The smallest absolute Gasteiger partial charge is 0.0273 e. The Balaban J connectivity index is 0.00000162. The van der Waals surface area contributed by atoms with Gasteiger partial charge in [0.25, 0.3) is 0 Å². The van der Waals surface area contributed by atoms with Crippen molar-refractivity contribution in [2.45, 2.75) is 32.1 Å². The molecule has 0 fully saturated rings. The van der Waals surface area contributed by atoms with Crippen LogP contribution in [0, 0.1) is 0 Å². The Labute approximate surface area is 117 Å². The van der Waals surface area contributed by atoms with Gasteiger partial charge in [-0.3, -0.25) is 4.98 Å². The van der Waals surface area contributed by atoms with E-state index in [2.05, 4.69) is 36.1 Å². The number of rotatable bonds is 3. The third-order valence-corrected chi connectivity index (χ3v) is 3.37. The zero-order valence-corrected chi connectivity index (χ0v) is 12.2. The number of likely N-dealkylation sites (N-methyl/N-ethyl adjacent to an activating group) is 1. The van der Waals surface area contributed by atoms with Gasteiger partial charge in [0.1, 0.15) is 0 Å². The lowest BCUT2D eigenvalue weighted by atomic mass is 9.96. The van der Waals surface area contributed by atoms with E-state index in [9.17, 15) is 0 Å². The monoisotopic (exact) mass is 266 g/mol. The van der Waals surface area contributed by atoms with E-state index in [1.165, 1.54) is 37.7 Å². The Morgan fingerprint density at radius 3 is 2.39 bits per heavy atom. The fourth-order valence-corrected chi connectivity index (χ4v) is 2.60. The first kappa shape index (κ1) is 15.2. The lowest BCUT2D eigenvalue weighted by molar-refractivity contribution is 0.439. The van der Waals surface area contributed by atoms with Crippen LogP contribution in [0.4, 0.5) is 0 Å². The highest BCUT2D eigenvalue weighted by molar-refractivity contribution is 5.85. The van der Waals surface area contributed by atoms with Gasteiger partial charge in [-0.15, -0.1) is 12.4 Å². The molecule has 0 amide bonds. The van der Waals surface area contributed by atoms with Crippen molar-refractivity contribution in [3.05, 3.63) is 35.7 Å². The first-order valence-electron chi connectivity index (χ1n) is 6.53. The quantitative estimate of drug-likeness (QED) is 0.828. The summed E-state index contributed by atoms with van der Waals surface area (Å²) in [7, 11) is 4.31. The van der Waals surface area contributed by atoms with E-state index in [1.54, 1.807) is 11.1 Å². The second kappa shape index (κ2) is 7.55. The lowest BCUT2D eigenvalue weighted by Crippen LogP contribution is -2.16. The van der Waals surface area contributed by atoms with Crippen LogP contribution in [-0.2, 0) is 0 Å². The van der Waals surface area contributed by atoms with Crippen molar-refractivity contribution in [3.63, 3.8) is 0 Å². The molecule has 1 aliphatic carbocycles. The van der Waals surface area contributed by atoms with Gasteiger partial charge in [-0.25, -0.2) is 0 Å². The van der Waals surface area contributed by atoms with Crippen LogP contribution in [0.1, 0.15) is 37.7 Å². The fraction of sp³-hybridized carbons (Fsp3) is 0.533. The molecular formula is C15H23ClN2. The summed E-state index contributed by atoms with van der Waals surface area (Å²) in [4.78, 5) is 6.40. The predicted octanol–water partition coefficient (Wildman–Crippen LogP) is 3.78. The molecule has 0 bridgehead atoms. The molecular weight excluding hydrogens is 244 g/mol. The molecule has 0 spiro atoms. The predicted molar refractivity (Wildman–Crippen MR) is 80.0 cm³/mol. The second-order valence-electron chi connectivity index (χ2n) is 5.12. The molecule has 0 N–H and O–H groups in total. The van der Waals surface area contributed by atoms with Gasteiger partial charge in [-0.05, 0) is 63.0 Å². The average Bonchev–Trinajstić information content (AvgIpc) is 2.55. The summed E-state index contributed by atoms with van der Waals surface area (Å²) in [5, 5.41) is 0. The van der Waals surface area contributed by atoms with E-state index in [-0.39, 0.29) is 12.4 Å². The molecule has 1 aromatic heterocycles. The Morgan fingerprint density at radius 1 is 1.06 bits per heavy atom. The number of allylic oxidation sites excluding steroid dienone is 1. The number of hydrogen-bond donors (Lipinski definition) is 0. The molecule has 1 aromatic rings. The van der Waals surface area contributed by atoms with Gasteiger partial charge in [-0.1, -0.05) is 12.0 Å². The largest absolute Gasteiger partial charge is 0.305 e. The van der Waals surface area contributed by atoms with Gasteiger partial charge < -0.3 is 4.90 Å². The maximum Gasteiger partial charge on any atom is 0.0273 e. The van der Waals surface area contributed by atoms with Gasteiger partial charge in [0, 0.05) is 18.9 Å². The van der Waals surface area contributed by atoms with Crippen LogP contribution in [0.2, 0.25) is 0 Å². The van der Waals surface area contributed by atoms with Gasteiger partial charge in [0.2, 0.25) is 0 Å². The molecule has 0 saturated heterocycles. The fourth-order valence-electron chi connectivity index (χ4n) is 2.60. The summed E-state index contributed by atoms with van der Waals surface area (Å²) in [6.45, 7) is 1.09. The minimum atomic E-state index is 0. The maximum atomic E-state index is 4.12. The molecule has 0 radical (unpaired) electrons. The van der Waals surface area contributed by atoms with Crippen molar-refractivity contribution in [2.24, 2.45) is 0 Å². The summed E-state index contributed by atoms with van der Waals surface area (Å²) >= 11 is 0. The summed E-state index contributed by atoms with van der Waals surface area (Å²) in [5.41, 5.74) is 4.57. The molecule has 0 aromatic carbocycles. The molecule has 100 valence electrons. The van der Waals surface area contributed by atoms with Gasteiger partial charge in [0.05, 0.1) is 0 Å². The summed E-state index contributed by atoms with van der Waals surface area (Å²) in [6, 6.07) is 4.30. The Morgan fingerprint density at radius 2 is 1.72 bits per heavy atom. The van der Waals surface area contributed by atoms with E-state index in [1.807, 2.05) is 12.4 Å². The maximum absolute atomic E-state index is 4.12. The van der Waals surface area contributed by atoms with Crippen molar-refractivity contribution >= 4 is 18.0 Å². The first-order chi connectivity index (χ1) is 8.27. The van der Waals surface area contributed by atoms with Crippen LogP contribution in [0.3, 0.4) is 0 Å². The van der Waals surface area contributed by atoms with E-state index in [0.717, 1.165) is 6.54 Å². The standard InChI is InChI=1S/C15H22N2.ClH/c1-17(2)12-14-6-4-3-5-7-15(14)13-8-10-16-11-9-13;/h8-11H,3-7,12H2,1-2H3;1H. The molecule has 0 aliphatic heterocycles. The molecule has 0 saturated carbocycles. The van der Waals surface area contributed by atoms with Crippen molar-refractivity contribution in [3.8, 4) is 0 Å². The van der Waals surface area contributed by atoms with Gasteiger partial charge in [-0.2, -0.15) is 0 Å². The number of hydrogen-bond acceptors (Lipinski definition) is 2. The van der Waals surface area contributed by atoms with Crippen molar-refractivity contribution in [2.75, 3.05) is 20.6 Å². The van der Waals surface area contributed by atoms with Crippen LogP contribution < -0.4 is 0 Å². The molecule has 2 nitrogen and oxygen atoms in total. The highest BCUT2D eigenvalue weighted by Crippen LogP contribution is 2.31. The van der Waals surface area contributed by atoms with Crippen LogP contribution >= 0.6 is 12.4 Å². The van der Waals surface area contributed by atoms with E-state index in [0.29, 0.717) is 0 Å². The zero-order chi connectivity index (χ0) is 12.1. The Bertz CT molecular complexity index is 385. The topological polar surface area (TPSA) is 16.1 Å². The first-order valence-corrected chi connectivity index (χ1v) is 6.53. The summed E-state index contributed by atoms with van der Waals surface area (Å²) in [6.07, 6.45) is 10.3. The number of halogens is 1. The van der Waals surface area contributed by atoms with Crippen molar-refractivity contribution in [1.29, 1.82) is 0 Å². The van der Waals surface area contributed by atoms with Gasteiger partial charge in [0.15, 0.2) is 0 Å². The SMILES string of the molecule is CN(C)CC1=C(c2ccncc2)CCCCC1.Cl. The molecule has 0 unspecified atom stereocenters.